The lowest BCUT2D eigenvalue weighted by Gasteiger charge is -2.27. The third kappa shape index (κ3) is 4.42. The highest BCUT2D eigenvalue weighted by Gasteiger charge is 2.45. The van der Waals surface area contributed by atoms with Gasteiger partial charge in [-0.3, -0.25) is 14.5 Å². The summed E-state index contributed by atoms with van der Waals surface area (Å²) in [6.45, 7) is 3.75. The summed E-state index contributed by atoms with van der Waals surface area (Å²) in [5, 5.41) is 11.8. The van der Waals surface area contributed by atoms with E-state index in [-0.39, 0.29) is 11.4 Å². The van der Waals surface area contributed by atoms with E-state index < -0.39 is 17.7 Å². The van der Waals surface area contributed by atoms with Crippen molar-refractivity contribution in [2.75, 3.05) is 23.9 Å². The average molecular weight is 510 g/mol. The Morgan fingerprint density at radius 3 is 2.22 bits per heavy atom. The molecule has 1 unspecified atom stereocenters. The summed E-state index contributed by atoms with van der Waals surface area (Å²) in [7, 11) is 3.90. The van der Waals surface area contributed by atoms with Crippen molar-refractivity contribution in [2.45, 2.75) is 19.9 Å². The number of anilines is 2. The van der Waals surface area contributed by atoms with E-state index >= 15 is 0 Å². The summed E-state index contributed by atoms with van der Waals surface area (Å²) < 4.78 is 0. The molecular formula is C30H27N3O3S. The highest BCUT2D eigenvalue weighted by atomic mass is 32.1. The maximum Gasteiger partial charge on any atom is 0.294 e. The molecule has 4 aromatic rings. The summed E-state index contributed by atoms with van der Waals surface area (Å²) >= 11 is 1.27. The third-order valence-electron chi connectivity index (χ3n) is 6.51. The first-order chi connectivity index (χ1) is 17.8. The standard InChI is InChI=1S/C30H27N3O3S/c1-18-10-14-23(15-11-18)33-25(20-12-16-22(17-13-20)32(3)4)24(27(35)30(33)36)26(34)28-19(2)31-29(37-28)21-8-6-5-7-9-21/h5-17,25,35H,1-4H3. The van der Waals surface area contributed by atoms with Gasteiger partial charge in [-0.2, -0.15) is 0 Å². The number of carbonyl (C=O) groups excluding carboxylic acids is 2. The molecule has 2 heterocycles. The topological polar surface area (TPSA) is 73.7 Å². The molecule has 37 heavy (non-hydrogen) atoms. The van der Waals surface area contributed by atoms with Crippen LogP contribution in [0, 0.1) is 13.8 Å². The van der Waals surface area contributed by atoms with Gasteiger partial charge in [0, 0.05) is 31.0 Å². The first-order valence-corrected chi connectivity index (χ1v) is 12.8. The Kier molecular flexibility index (Phi) is 6.39. The fourth-order valence-electron chi connectivity index (χ4n) is 4.51. The van der Waals surface area contributed by atoms with Gasteiger partial charge in [-0.25, -0.2) is 4.98 Å². The number of benzene rings is 3. The van der Waals surface area contributed by atoms with Crippen molar-refractivity contribution in [1.82, 2.24) is 4.98 Å². The van der Waals surface area contributed by atoms with Gasteiger partial charge in [0.15, 0.2) is 5.76 Å². The van der Waals surface area contributed by atoms with Crippen molar-refractivity contribution in [2.24, 2.45) is 0 Å². The lowest BCUT2D eigenvalue weighted by atomic mass is 9.94. The molecule has 6 nitrogen and oxygen atoms in total. The minimum Gasteiger partial charge on any atom is -0.503 e. The number of aliphatic hydroxyl groups is 1. The van der Waals surface area contributed by atoms with E-state index in [4.69, 9.17) is 0 Å². The van der Waals surface area contributed by atoms with Crippen molar-refractivity contribution in [3.63, 3.8) is 0 Å². The van der Waals surface area contributed by atoms with Crippen molar-refractivity contribution in [3.05, 3.63) is 112 Å². The van der Waals surface area contributed by atoms with E-state index in [9.17, 15) is 14.7 Å². The summed E-state index contributed by atoms with van der Waals surface area (Å²) in [4.78, 5) is 36.0. The monoisotopic (exact) mass is 509 g/mol. The number of hydrogen-bond donors (Lipinski definition) is 1. The van der Waals surface area contributed by atoms with Gasteiger partial charge < -0.3 is 10.0 Å². The van der Waals surface area contributed by atoms with Crippen molar-refractivity contribution < 1.29 is 14.7 Å². The quantitative estimate of drug-likeness (QED) is 0.310. The van der Waals surface area contributed by atoms with Crippen LogP contribution in [-0.2, 0) is 4.79 Å². The molecule has 3 aromatic carbocycles. The fourth-order valence-corrected chi connectivity index (χ4v) is 5.54. The molecule has 1 aromatic heterocycles. The van der Waals surface area contributed by atoms with Gasteiger partial charge in [0.1, 0.15) is 5.01 Å². The second-order valence-corrected chi connectivity index (χ2v) is 10.3. The van der Waals surface area contributed by atoms with Gasteiger partial charge in [-0.05, 0) is 43.7 Å². The Hall–Kier alpha value is -4.23. The molecule has 1 aliphatic rings. The Morgan fingerprint density at radius 1 is 0.946 bits per heavy atom. The molecule has 0 aliphatic carbocycles. The van der Waals surface area contributed by atoms with Crippen LogP contribution >= 0.6 is 11.3 Å². The van der Waals surface area contributed by atoms with E-state index in [1.807, 2.05) is 105 Å². The lowest BCUT2D eigenvalue weighted by Crippen LogP contribution is -2.31. The van der Waals surface area contributed by atoms with Crippen LogP contribution in [0.3, 0.4) is 0 Å². The molecule has 1 N–H and O–H groups in total. The molecule has 1 amide bonds. The number of hydrogen-bond acceptors (Lipinski definition) is 6. The number of rotatable bonds is 6. The molecule has 0 bridgehead atoms. The minimum atomic E-state index is -0.777. The number of Topliss-reactive ketones (excluding diaryl/α,β-unsaturated/α-hetero) is 1. The van der Waals surface area contributed by atoms with E-state index in [2.05, 4.69) is 4.98 Å². The highest BCUT2D eigenvalue weighted by Crippen LogP contribution is 2.43. The van der Waals surface area contributed by atoms with Gasteiger partial charge in [-0.1, -0.05) is 60.2 Å². The van der Waals surface area contributed by atoms with E-state index in [0.29, 0.717) is 21.3 Å². The van der Waals surface area contributed by atoms with Gasteiger partial charge in [0.2, 0.25) is 5.78 Å². The summed E-state index contributed by atoms with van der Waals surface area (Å²) in [6.07, 6.45) is 0. The molecule has 0 fully saturated rings. The smallest absolute Gasteiger partial charge is 0.294 e. The zero-order chi connectivity index (χ0) is 26.3. The maximum absolute atomic E-state index is 14.0. The molecule has 1 aliphatic heterocycles. The zero-order valence-electron chi connectivity index (χ0n) is 21.1. The minimum absolute atomic E-state index is 0.0644. The van der Waals surface area contributed by atoms with Crippen LogP contribution in [0.25, 0.3) is 10.6 Å². The molecule has 0 saturated heterocycles. The first kappa shape index (κ1) is 24.5. The van der Waals surface area contributed by atoms with E-state index in [1.165, 1.54) is 16.2 Å². The van der Waals surface area contributed by atoms with Crippen LogP contribution in [0.1, 0.15) is 32.5 Å². The van der Waals surface area contributed by atoms with E-state index in [1.54, 1.807) is 6.92 Å². The number of aromatic nitrogens is 1. The summed E-state index contributed by atoms with van der Waals surface area (Å²) in [5.74, 6) is -1.51. The number of thiazole rings is 1. The number of amides is 1. The largest absolute Gasteiger partial charge is 0.503 e. The van der Waals surface area contributed by atoms with Gasteiger partial charge >= 0.3 is 0 Å². The second-order valence-electron chi connectivity index (χ2n) is 9.29. The lowest BCUT2D eigenvalue weighted by molar-refractivity contribution is -0.117. The van der Waals surface area contributed by atoms with Crippen LogP contribution < -0.4 is 9.80 Å². The average Bonchev–Trinajstić information content (AvgIpc) is 3.42. The Bertz CT molecular complexity index is 1500. The van der Waals surface area contributed by atoms with Crippen molar-refractivity contribution in [1.29, 1.82) is 0 Å². The predicted molar refractivity (Wildman–Crippen MR) is 148 cm³/mol. The Balaban J connectivity index is 1.62. The van der Waals surface area contributed by atoms with Crippen LogP contribution in [0.4, 0.5) is 11.4 Å². The number of ketones is 1. The second kappa shape index (κ2) is 9.67. The molecule has 0 radical (unpaired) electrons. The van der Waals surface area contributed by atoms with Gasteiger partial charge in [-0.15, -0.1) is 11.3 Å². The molecule has 186 valence electrons. The van der Waals surface area contributed by atoms with Crippen LogP contribution in [0.2, 0.25) is 0 Å². The molecule has 0 saturated carbocycles. The van der Waals surface area contributed by atoms with Crippen LogP contribution in [-0.4, -0.2) is 35.9 Å². The van der Waals surface area contributed by atoms with Gasteiger partial charge in [0.05, 0.1) is 22.2 Å². The number of carbonyl (C=O) groups is 2. The Labute approximate surface area is 220 Å². The molecule has 5 rings (SSSR count). The summed E-state index contributed by atoms with van der Waals surface area (Å²) in [6, 6.07) is 24.0. The van der Waals surface area contributed by atoms with Crippen LogP contribution in [0.15, 0.2) is 90.2 Å². The number of aryl methyl sites for hydroxylation is 2. The third-order valence-corrected chi connectivity index (χ3v) is 7.72. The maximum atomic E-state index is 14.0. The first-order valence-electron chi connectivity index (χ1n) is 11.9. The fraction of sp³-hybridized carbons (Fsp3) is 0.167. The summed E-state index contributed by atoms with van der Waals surface area (Å²) in [5.41, 5.74) is 4.92. The van der Waals surface area contributed by atoms with E-state index in [0.717, 1.165) is 22.4 Å². The van der Waals surface area contributed by atoms with Crippen molar-refractivity contribution in [3.8, 4) is 10.6 Å². The Morgan fingerprint density at radius 2 is 1.59 bits per heavy atom. The predicted octanol–water partition coefficient (Wildman–Crippen LogP) is 6.28. The van der Waals surface area contributed by atoms with Crippen LogP contribution in [0.5, 0.6) is 0 Å². The molecule has 0 spiro atoms. The zero-order valence-corrected chi connectivity index (χ0v) is 21.9. The molecular weight excluding hydrogens is 482 g/mol. The molecule has 7 heteroatoms. The number of nitrogens with zero attached hydrogens (tertiary/aromatic N) is 3. The normalized spacial score (nSPS) is 15.4. The highest BCUT2D eigenvalue weighted by molar-refractivity contribution is 7.17. The number of aliphatic hydroxyl groups excluding tert-OH is 1. The molecule has 1 atom stereocenters. The van der Waals surface area contributed by atoms with Gasteiger partial charge in [0.25, 0.3) is 5.91 Å². The SMILES string of the molecule is Cc1ccc(N2C(=O)C(O)=C(C(=O)c3sc(-c4ccccc4)nc3C)C2c2ccc(N(C)C)cc2)cc1. The van der Waals surface area contributed by atoms with Crippen molar-refractivity contribution >= 4 is 34.4 Å².